The molecule has 0 saturated heterocycles. The van der Waals surface area contributed by atoms with Crippen molar-refractivity contribution in [1.82, 2.24) is 10.3 Å². The summed E-state index contributed by atoms with van der Waals surface area (Å²) in [4.78, 5) is 3.28. The number of H-pyrrole nitrogens is 1. The molecule has 0 aliphatic carbocycles. The van der Waals surface area contributed by atoms with E-state index in [2.05, 4.69) is 40.8 Å². The van der Waals surface area contributed by atoms with Gasteiger partial charge < -0.3 is 10.3 Å². The second kappa shape index (κ2) is 4.69. The van der Waals surface area contributed by atoms with Crippen molar-refractivity contribution in [3.05, 3.63) is 48.3 Å². The summed E-state index contributed by atoms with van der Waals surface area (Å²) in [6, 6.07) is 8.41. The molecule has 0 aliphatic rings. The van der Waals surface area contributed by atoms with Crippen molar-refractivity contribution in [3.63, 3.8) is 0 Å². The van der Waals surface area contributed by atoms with Crippen LogP contribution in [0.15, 0.2) is 42.7 Å². The molecule has 0 fully saturated rings. The van der Waals surface area contributed by atoms with Gasteiger partial charge in [-0.15, -0.1) is 0 Å². The highest BCUT2D eigenvalue weighted by atomic mass is 14.8. The van der Waals surface area contributed by atoms with E-state index in [0.717, 1.165) is 13.0 Å². The van der Waals surface area contributed by atoms with Crippen LogP contribution in [0.2, 0.25) is 0 Å². The fourth-order valence-electron chi connectivity index (χ4n) is 1.75. The monoisotopic (exact) mass is 200 g/mol. The lowest BCUT2D eigenvalue weighted by atomic mass is 10.1. The van der Waals surface area contributed by atoms with Gasteiger partial charge in [-0.25, -0.2) is 0 Å². The first-order valence-corrected chi connectivity index (χ1v) is 5.31. The van der Waals surface area contributed by atoms with E-state index in [9.17, 15) is 0 Å². The van der Waals surface area contributed by atoms with E-state index in [1.165, 1.54) is 16.5 Å². The molecule has 2 rings (SSSR count). The average Bonchev–Trinajstić information content (AvgIpc) is 2.68. The first-order valence-electron chi connectivity index (χ1n) is 5.31. The van der Waals surface area contributed by atoms with Crippen LogP contribution in [0.25, 0.3) is 10.9 Å². The minimum absolute atomic E-state index is 0.978. The standard InChI is InChI=1S/C13H16N2/c1-2-8-14-9-7-11-10-15-13-6-4-3-5-12(11)13/h2-6,8,10,14-15H,7,9H2,1H3/b8-2+. The smallest absolute Gasteiger partial charge is 0.0456 e. The maximum atomic E-state index is 3.28. The van der Waals surface area contributed by atoms with Crippen molar-refractivity contribution in [2.75, 3.05) is 6.54 Å². The third-order valence-corrected chi connectivity index (χ3v) is 2.50. The van der Waals surface area contributed by atoms with E-state index >= 15 is 0 Å². The van der Waals surface area contributed by atoms with Crippen molar-refractivity contribution in [3.8, 4) is 0 Å². The first kappa shape index (κ1) is 9.84. The Bertz CT molecular complexity index is 454. The molecular weight excluding hydrogens is 184 g/mol. The predicted molar refractivity (Wildman–Crippen MR) is 64.8 cm³/mol. The minimum Gasteiger partial charge on any atom is -0.391 e. The van der Waals surface area contributed by atoms with Gasteiger partial charge in [0.2, 0.25) is 0 Å². The number of benzene rings is 1. The van der Waals surface area contributed by atoms with Crippen molar-refractivity contribution in [1.29, 1.82) is 0 Å². The molecule has 1 heterocycles. The van der Waals surface area contributed by atoms with Crippen LogP contribution in [0.4, 0.5) is 0 Å². The number of allylic oxidation sites excluding steroid dienone is 1. The maximum Gasteiger partial charge on any atom is 0.0456 e. The lowest BCUT2D eigenvalue weighted by Gasteiger charge is -1.99. The fraction of sp³-hybridized carbons (Fsp3) is 0.231. The quantitative estimate of drug-likeness (QED) is 0.730. The number of aromatic nitrogens is 1. The zero-order chi connectivity index (χ0) is 10.5. The van der Waals surface area contributed by atoms with Crippen LogP contribution >= 0.6 is 0 Å². The topological polar surface area (TPSA) is 27.8 Å². The highest BCUT2D eigenvalue weighted by Crippen LogP contribution is 2.17. The van der Waals surface area contributed by atoms with Crippen LogP contribution < -0.4 is 5.32 Å². The van der Waals surface area contributed by atoms with Crippen molar-refractivity contribution < 1.29 is 0 Å². The molecule has 0 unspecified atom stereocenters. The molecule has 1 aromatic carbocycles. The summed E-state index contributed by atoms with van der Waals surface area (Å²) in [5, 5.41) is 4.58. The molecule has 0 spiro atoms. The van der Waals surface area contributed by atoms with Crippen LogP contribution in [0, 0.1) is 0 Å². The van der Waals surface area contributed by atoms with Gasteiger partial charge in [0.05, 0.1) is 0 Å². The molecule has 0 radical (unpaired) electrons. The SMILES string of the molecule is C/C=C/NCCc1c[nH]c2ccccc12. The van der Waals surface area contributed by atoms with Crippen molar-refractivity contribution in [2.24, 2.45) is 0 Å². The number of rotatable bonds is 4. The summed E-state index contributed by atoms with van der Waals surface area (Å²) in [5.41, 5.74) is 2.60. The van der Waals surface area contributed by atoms with E-state index in [4.69, 9.17) is 0 Å². The lowest BCUT2D eigenvalue weighted by molar-refractivity contribution is 0.835. The van der Waals surface area contributed by atoms with Crippen LogP contribution in [0.1, 0.15) is 12.5 Å². The fourth-order valence-corrected chi connectivity index (χ4v) is 1.75. The first-order chi connectivity index (χ1) is 7.42. The van der Waals surface area contributed by atoms with Gasteiger partial charge in [-0.3, -0.25) is 0 Å². The molecule has 2 N–H and O–H groups in total. The Kier molecular flexibility index (Phi) is 3.08. The molecular formula is C13H16N2. The molecule has 2 nitrogen and oxygen atoms in total. The number of nitrogens with one attached hydrogen (secondary N) is 2. The van der Waals surface area contributed by atoms with E-state index < -0.39 is 0 Å². The van der Waals surface area contributed by atoms with Gasteiger partial charge in [-0.2, -0.15) is 0 Å². The summed E-state index contributed by atoms with van der Waals surface area (Å²) < 4.78 is 0. The number of hydrogen-bond donors (Lipinski definition) is 2. The molecule has 0 amide bonds. The summed E-state index contributed by atoms with van der Waals surface area (Å²) in [6.07, 6.45) is 7.14. The van der Waals surface area contributed by atoms with E-state index in [1.54, 1.807) is 0 Å². The van der Waals surface area contributed by atoms with Crippen LogP contribution in [0.5, 0.6) is 0 Å². The molecule has 2 heteroatoms. The third kappa shape index (κ3) is 2.21. The normalized spacial score (nSPS) is 11.3. The Balaban J connectivity index is 2.08. The molecule has 2 aromatic rings. The summed E-state index contributed by atoms with van der Waals surface area (Å²) >= 11 is 0. The van der Waals surface area contributed by atoms with E-state index in [1.807, 2.05) is 19.2 Å². The summed E-state index contributed by atoms with van der Waals surface area (Å²) in [5.74, 6) is 0. The highest BCUT2D eigenvalue weighted by Gasteiger charge is 2.00. The molecule has 78 valence electrons. The minimum atomic E-state index is 0.978. The molecule has 0 aliphatic heterocycles. The summed E-state index contributed by atoms with van der Waals surface area (Å²) in [7, 11) is 0. The number of fused-ring (bicyclic) bond motifs is 1. The average molecular weight is 200 g/mol. The Morgan fingerprint density at radius 2 is 2.20 bits per heavy atom. The third-order valence-electron chi connectivity index (χ3n) is 2.50. The van der Waals surface area contributed by atoms with Crippen molar-refractivity contribution >= 4 is 10.9 Å². The molecule has 15 heavy (non-hydrogen) atoms. The van der Waals surface area contributed by atoms with Gasteiger partial charge in [0, 0.05) is 23.6 Å². The number of para-hydroxylation sites is 1. The highest BCUT2D eigenvalue weighted by molar-refractivity contribution is 5.83. The van der Waals surface area contributed by atoms with Gasteiger partial charge in [0.15, 0.2) is 0 Å². The van der Waals surface area contributed by atoms with Gasteiger partial charge in [0.1, 0.15) is 0 Å². The lowest BCUT2D eigenvalue weighted by Crippen LogP contribution is -2.09. The van der Waals surface area contributed by atoms with E-state index in [0.29, 0.717) is 0 Å². The molecule has 0 bridgehead atoms. The number of aromatic amines is 1. The predicted octanol–water partition coefficient (Wildman–Crippen LogP) is 2.83. The largest absolute Gasteiger partial charge is 0.391 e. The Hall–Kier alpha value is -1.70. The second-order valence-corrected chi connectivity index (χ2v) is 3.56. The Morgan fingerprint density at radius 3 is 3.07 bits per heavy atom. The zero-order valence-electron chi connectivity index (χ0n) is 8.96. The van der Waals surface area contributed by atoms with E-state index in [-0.39, 0.29) is 0 Å². The maximum absolute atomic E-state index is 3.28. The van der Waals surface area contributed by atoms with Gasteiger partial charge in [-0.1, -0.05) is 24.3 Å². The second-order valence-electron chi connectivity index (χ2n) is 3.56. The summed E-state index contributed by atoms with van der Waals surface area (Å²) in [6.45, 7) is 2.99. The van der Waals surface area contributed by atoms with Crippen LogP contribution in [-0.4, -0.2) is 11.5 Å². The van der Waals surface area contributed by atoms with Gasteiger partial charge >= 0.3 is 0 Å². The van der Waals surface area contributed by atoms with Crippen molar-refractivity contribution in [2.45, 2.75) is 13.3 Å². The van der Waals surface area contributed by atoms with Crippen LogP contribution in [-0.2, 0) is 6.42 Å². The molecule has 1 aromatic heterocycles. The zero-order valence-corrected chi connectivity index (χ0v) is 8.96. The van der Waals surface area contributed by atoms with Crippen LogP contribution in [0.3, 0.4) is 0 Å². The molecule has 0 saturated carbocycles. The Morgan fingerprint density at radius 1 is 1.33 bits per heavy atom. The molecule has 0 atom stereocenters. The Labute approximate surface area is 90.0 Å². The van der Waals surface area contributed by atoms with Gasteiger partial charge in [0.25, 0.3) is 0 Å². The van der Waals surface area contributed by atoms with Gasteiger partial charge in [-0.05, 0) is 31.2 Å². The number of hydrogen-bond acceptors (Lipinski definition) is 1.